The summed E-state index contributed by atoms with van der Waals surface area (Å²) in [7, 11) is 1.58. The van der Waals surface area contributed by atoms with Crippen LogP contribution in [0.4, 0.5) is 0 Å². The van der Waals surface area contributed by atoms with Crippen LogP contribution in [0.5, 0.6) is 0 Å². The summed E-state index contributed by atoms with van der Waals surface area (Å²) in [4.78, 5) is 0. The van der Waals surface area contributed by atoms with Gasteiger partial charge in [-0.3, -0.25) is 0 Å². The van der Waals surface area contributed by atoms with Gasteiger partial charge in [0, 0.05) is 7.11 Å². The molecule has 0 aliphatic carbocycles. The zero-order valence-electron chi connectivity index (χ0n) is 4.03. The van der Waals surface area contributed by atoms with Gasteiger partial charge in [-0.15, -0.1) is 23.2 Å². The fourth-order valence-electron chi connectivity index (χ4n) is 0.196. The lowest BCUT2D eigenvalue weighted by atomic mass is 10.5. The molecule has 0 bridgehead atoms. The first-order valence-electron chi connectivity index (χ1n) is 1.87. The van der Waals surface area contributed by atoms with E-state index in [1.54, 1.807) is 7.11 Å². The van der Waals surface area contributed by atoms with Crippen LogP contribution < -0.4 is 0 Å². The molecule has 0 aromatic rings. The van der Waals surface area contributed by atoms with E-state index in [0.29, 0.717) is 6.61 Å². The number of hydrogen-bond acceptors (Lipinski definition) is 1. The van der Waals surface area contributed by atoms with Crippen LogP contribution in [-0.4, -0.2) is 19.1 Å². The van der Waals surface area contributed by atoms with Crippen molar-refractivity contribution in [2.24, 2.45) is 0 Å². The Morgan fingerprint density at radius 2 is 2.43 bits per heavy atom. The first-order chi connectivity index (χ1) is 3.31. The van der Waals surface area contributed by atoms with Gasteiger partial charge in [0.1, 0.15) is 0 Å². The Kier molecular flexibility index (Phi) is 5.05. The maximum Gasteiger partial charge on any atom is 0.0748 e. The van der Waals surface area contributed by atoms with E-state index in [2.05, 4.69) is 4.74 Å². The normalized spacial score (nSPS) is 14.1. The van der Waals surface area contributed by atoms with Crippen molar-refractivity contribution in [2.75, 3.05) is 13.7 Å². The Bertz CT molecular complexity index is 40.7. The van der Waals surface area contributed by atoms with Crippen molar-refractivity contribution in [2.45, 2.75) is 5.38 Å². The Morgan fingerprint density at radius 1 is 1.86 bits per heavy atom. The molecule has 1 unspecified atom stereocenters. The largest absolute Gasteiger partial charge is 0.383 e. The van der Waals surface area contributed by atoms with Gasteiger partial charge < -0.3 is 4.74 Å². The summed E-state index contributed by atoms with van der Waals surface area (Å²) in [6, 6.07) is 0. The van der Waals surface area contributed by atoms with E-state index in [9.17, 15) is 0 Å². The van der Waals surface area contributed by atoms with Crippen LogP contribution in [-0.2, 0) is 4.74 Å². The average Bonchev–Trinajstić information content (AvgIpc) is 1.68. The van der Waals surface area contributed by atoms with Gasteiger partial charge in [0.2, 0.25) is 0 Å². The van der Waals surface area contributed by atoms with Crippen molar-refractivity contribution in [3.8, 4) is 0 Å². The molecule has 1 radical (unpaired) electrons. The fourth-order valence-corrected chi connectivity index (χ4v) is 0.394. The van der Waals surface area contributed by atoms with Gasteiger partial charge in [-0.1, -0.05) is 0 Å². The van der Waals surface area contributed by atoms with E-state index in [1.165, 1.54) is 5.88 Å². The molecule has 1 nitrogen and oxygen atoms in total. The molecule has 43 valence electrons. The molecule has 0 aliphatic rings. The molecule has 0 saturated carbocycles. The van der Waals surface area contributed by atoms with Gasteiger partial charge in [-0.2, -0.15) is 0 Å². The first-order valence-corrected chi connectivity index (χ1v) is 2.75. The number of rotatable bonds is 3. The molecular weight excluding hydrogens is 135 g/mol. The summed E-state index contributed by atoms with van der Waals surface area (Å²) in [5.74, 6) is 1.37. The maximum atomic E-state index is 5.45. The average molecular weight is 142 g/mol. The smallest absolute Gasteiger partial charge is 0.0748 e. The third kappa shape index (κ3) is 4.39. The van der Waals surface area contributed by atoms with Crippen LogP contribution in [0.3, 0.4) is 0 Å². The molecule has 1 atom stereocenters. The third-order valence-corrected chi connectivity index (χ3v) is 1.15. The van der Waals surface area contributed by atoms with E-state index in [1.807, 2.05) is 0 Å². The van der Waals surface area contributed by atoms with Crippen LogP contribution in [0.15, 0.2) is 0 Å². The van der Waals surface area contributed by atoms with Crippen molar-refractivity contribution in [3.63, 3.8) is 0 Å². The predicted molar refractivity (Wildman–Crippen MR) is 31.7 cm³/mol. The van der Waals surface area contributed by atoms with Crippen molar-refractivity contribution in [3.05, 3.63) is 5.88 Å². The van der Waals surface area contributed by atoms with Gasteiger partial charge in [-0.05, 0) is 0 Å². The van der Waals surface area contributed by atoms with E-state index in [-0.39, 0.29) is 5.38 Å². The van der Waals surface area contributed by atoms with Crippen molar-refractivity contribution in [1.82, 2.24) is 0 Å². The minimum atomic E-state index is -0.160. The highest BCUT2D eigenvalue weighted by atomic mass is 35.5. The summed E-state index contributed by atoms with van der Waals surface area (Å²) in [5.41, 5.74) is 0. The van der Waals surface area contributed by atoms with Gasteiger partial charge in [0.15, 0.2) is 0 Å². The molecule has 0 aromatic heterocycles. The highest BCUT2D eigenvalue weighted by molar-refractivity contribution is 6.32. The molecule has 0 saturated heterocycles. The van der Waals surface area contributed by atoms with Crippen LogP contribution in [0, 0.1) is 5.88 Å². The number of halogens is 2. The van der Waals surface area contributed by atoms with E-state index in [0.717, 1.165) is 0 Å². The number of ether oxygens (including phenoxy) is 1. The second-order valence-corrected chi connectivity index (χ2v) is 1.91. The van der Waals surface area contributed by atoms with Crippen LogP contribution in [0.2, 0.25) is 0 Å². The minimum Gasteiger partial charge on any atom is -0.383 e. The molecular formula is C4H7Cl2O. The summed E-state index contributed by atoms with van der Waals surface area (Å²) < 4.78 is 4.65. The van der Waals surface area contributed by atoms with Crippen LogP contribution in [0.1, 0.15) is 0 Å². The van der Waals surface area contributed by atoms with Crippen LogP contribution in [0.25, 0.3) is 0 Å². The molecule has 0 fully saturated rings. The van der Waals surface area contributed by atoms with Crippen molar-refractivity contribution < 1.29 is 4.74 Å². The highest BCUT2D eigenvalue weighted by Crippen LogP contribution is 2.02. The van der Waals surface area contributed by atoms with Gasteiger partial charge in [0.05, 0.1) is 17.9 Å². The van der Waals surface area contributed by atoms with Crippen molar-refractivity contribution in [1.29, 1.82) is 0 Å². The highest BCUT2D eigenvalue weighted by Gasteiger charge is 1.98. The van der Waals surface area contributed by atoms with Gasteiger partial charge in [0.25, 0.3) is 0 Å². The van der Waals surface area contributed by atoms with Gasteiger partial charge in [-0.25, -0.2) is 0 Å². The second kappa shape index (κ2) is 4.69. The molecule has 0 heterocycles. The Hall–Kier alpha value is 0.540. The lowest BCUT2D eigenvalue weighted by Gasteiger charge is -1.99. The Labute approximate surface area is 53.6 Å². The molecule has 7 heavy (non-hydrogen) atoms. The number of hydrogen-bond donors (Lipinski definition) is 0. The summed E-state index contributed by atoms with van der Waals surface area (Å²) >= 11 is 10.6. The summed E-state index contributed by atoms with van der Waals surface area (Å²) in [5, 5.41) is -0.160. The van der Waals surface area contributed by atoms with Gasteiger partial charge >= 0.3 is 0 Å². The number of methoxy groups -OCH3 is 1. The minimum absolute atomic E-state index is 0.160. The molecule has 0 aromatic carbocycles. The lowest BCUT2D eigenvalue weighted by Crippen LogP contribution is -2.03. The molecule has 0 aliphatic heterocycles. The maximum absolute atomic E-state index is 5.45. The van der Waals surface area contributed by atoms with Crippen molar-refractivity contribution >= 4 is 23.2 Å². The zero-order chi connectivity index (χ0) is 5.70. The Balaban J connectivity index is 2.83. The fraction of sp³-hybridized carbons (Fsp3) is 0.750. The summed E-state index contributed by atoms with van der Waals surface area (Å²) in [6.45, 7) is 0.477. The lowest BCUT2D eigenvalue weighted by molar-refractivity contribution is 0.205. The monoisotopic (exact) mass is 141 g/mol. The predicted octanol–water partition coefficient (Wildman–Crippen LogP) is 1.64. The molecule has 0 N–H and O–H groups in total. The molecule has 0 rings (SSSR count). The quantitative estimate of drug-likeness (QED) is 0.544. The first kappa shape index (κ1) is 7.54. The standard InChI is InChI=1S/C4H7Cl2O/c1-7-3-4(6)2-5/h2,4H,3H2,1H3. The van der Waals surface area contributed by atoms with E-state index in [4.69, 9.17) is 23.2 Å². The number of alkyl halides is 1. The molecule has 0 spiro atoms. The van der Waals surface area contributed by atoms with E-state index < -0.39 is 0 Å². The SMILES string of the molecule is COCC(Cl)[CH]Cl. The summed E-state index contributed by atoms with van der Waals surface area (Å²) in [6.07, 6.45) is 0. The molecule has 0 amide bonds. The second-order valence-electron chi connectivity index (χ2n) is 1.10. The topological polar surface area (TPSA) is 9.23 Å². The van der Waals surface area contributed by atoms with E-state index >= 15 is 0 Å². The zero-order valence-corrected chi connectivity index (χ0v) is 5.54. The van der Waals surface area contributed by atoms with Crippen LogP contribution >= 0.6 is 23.2 Å². The molecule has 3 heteroatoms. The third-order valence-electron chi connectivity index (χ3n) is 0.463. The Morgan fingerprint density at radius 3 is 2.57 bits per heavy atom.